The summed E-state index contributed by atoms with van der Waals surface area (Å²) in [5.41, 5.74) is -0.639. The number of rotatable bonds is 3. The predicted octanol–water partition coefficient (Wildman–Crippen LogP) is 3.64. The Morgan fingerprint density at radius 3 is 1.68 bits per heavy atom. The maximum atomic E-state index is 12.6. The topological polar surface area (TPSA) is 38.0 Å². The minimum Gasteiger partial charge on any atom is -0.271 e. The summed E-state index contributed by atoms with van der Waals surface area (Å²) in [6.07, 6.45) is -9.43. The van der Waals surface area contributed by atoms with E-state index in [0.29, 0.717) is 12.1 Å². The normalized spacial score (nSPS) is 14.5. The molecule has 0 radical (unpaired) electrons. The van der Waals surface area contributed by atoms with Crippen LogP contribution in [-0.4, -0.2) is 0 Å². The van der Waals surface area contributed by atoms with Crippen LogP contribution in [0.2, 0.25) is 0 Å². The smallest absolute Gasteiger partial charge is 0.271 e. The Labute approximate surface area is 105 Å². The number of alkyl halides is 6. The minimum absolute atomic E-state index is 0.0900. The molecule has 2 nitrogen and oxygen atoms in total. The SMILES string of the molecule is CC[C@H](NN)c1cc(C(F)(F)F)cc(C(F)(F)F)c1. The lowest BCUT2D eigenvalue weighted by Crippen LogP contribution is -2.28. The van der Waals surface area contributed by atoms with Gasteiger partial charge >= 0.3 is 12.4 Å². The summed E-state index contributed by atoms with van der Waals surface area (Å²) in [7, 11) is 0. The monoisotopic (exact) mass is 286 g/mol. The van der Waals surface area contributed by atoms with Gasteiger partial charge < -0.3 is 0 Å². The molecule has 0 aromatic heterocycles. The second-order valence-electron chi connectivity index (χ2n) is 3.97. The molecule has 0 aliphatic carbocycles. The van der Waals surface area contributed by atoms with Gasteiger partial charge in [-0.3, -0.25) is 11.3 Å². The molecule has 0 aliphatic heterocycles. The standard InChI is InChI=1S/C11H12F6N2/c1-2-9(19-18)6-3-7(10(12,13)14)5-8(4-6)11(15,16)17/h3-5,9,19H,2,18H2,1H3/t9-/m0/s1. The van der Waals surface area contributed by atoms with Crippen molar-refractivity contribution in [3.05, 3.63) is 34.9 Å². The highest BCUT2D eigenvalue weighted by molar-refractivity contribution is 5.35. The molecule has 0 spiro atoms. The van der Waals surface area contributed by atoms with Gasteiger partial charge in [0.05, 0.1) is 11.1 Å². The van der Waals surface area contributed by atoms with Crippen LogP contribution in [-0.2, 0) is 12.4 Å². The first-order chi connectivity index (χ1) is 8.59. The number of halogens is 6. The van der Waals surface area contributed by atoms with Crippen molar-refractivity contribution >= 4 is 0 Å². The predicted molar refractivity (Wildman–Crippen MR) is 56.8 cm³/mol. The summed E-state index contributed by atoms with van der Waals surface area (Å²) in [6, 6.07) is 0.655. The Hall–Kier alpha value is -1.28. The van der Waals surface area contributed by atoms with Gasteiger partial charge in [-0.2, -0.15) is 26.3 Å². The van der Waals surface area contributed by atoms with Crippen molar-refractivity contribution in [1.82, 2.24) is 5.43 Å². The summed E-state index contributed by atoms with van der Waals surface area (Å²) >= 11 is 0. The zero-order valence-corrected chi connectivity index (χ0v) is 9.86. The Morgan fingerprint density at radius 1 is 1.00 bits per heavy atom. The number of nitrogens with two attached hydrogens (primary N) is 1. The first-order valence-electron chi connectivity index (χ1n) is 5.35. The van der Waals surface area contributed by atoms with E-state index in [-0.39, 0.29) is 18.1 Å². The van der Waals surface area contributed by atoms with Crippen LogP contribution in [0.5, 0.6) is 0 Å². The molecule has 1 rings (SSSR count). The molecule has 0 bridgehead atoms. The Morgan fingerprint density at radius 2 is 1.42 bits per heavy atom. The van der Waals surface area contributed by atoms with E-state index in [1.165, 1.54) is 0 Å². The van der Waals surface area contributed by atoms with E-state index in [4.69, 9.17) is 5.84 Å². The van der Waals surface area contributed by atoms with Crippen molar-refractivity contribution in [2.45, 2.75) is 31.7 Å². The molecule has 1 aromatic carbocycles. The maximum Gasteiger partial charge on any atom is 0.416 e. The lowest BCUT2D eigenvalue weighted by Gasteiger charge is -2.19. The molecule has 0 aliphatic rings. The molecule has 19 heavy (non-hydrogen) atoms. The number of benzene rings is 1. The van der Waals surface area contributed by atoms with E-state index >= 15 is 0 Å². The third kappa shape index (κ3) is 3.84. The Kier molecular flexibility index (Phi) is 4.46. The quantitative estimate of drug-likeness (QED) is 0.506. The maximum absolute atomic E-state index is 12.6. The van der Waals surface area contributed by atoms with E-state index < -0.39 is 29.5 Å². The van der Waals surface area contributed by atoms with Crippen molar-refractivity contribution in [1.29, 1.82) is 0 Å². The second kappa shape index (κ2) is 5.38. The van der Waals surface area contributed by atoms with Gasteiger partial charge in [0.2, 0.25) is 0 Å². The van der Waals surface area contributed by atoms with E-state index in [1.807, 2.05) is 0 Å². The minimum atomic E-state index is -4.84. The molecule has 0 fully saturated rings. The fourth-order valence-corrected chi connectivity index (χ4v) is 1.63. The van der Waals surface area contributed by atoms with Crippen molar-refractivity contribution in [2.75, 3.05) is 0 Å². The zero-order valence-electron chi connectivity index (χ0n) is 9.86. The molecule has 0 saturated heterocycles. The van der Waals surface area contributed by atoms with Crippen LogP contribution in [0.15, 0.2) is 18.2 Å². The zero-order chi connectivity index (χ0) is 14.8. The van der Waals surface area contributed by atoms with Crippen molar-refractivity contribution in [2.24, 2.45) is 5.84 Å². The summed E-state index contributed by atoms with van der Waals surface area (Å²) < 4.78 is 75.5. The lowest BCUT2D eigenvalue weighted by molar-refractivity contribution is -0.143. The van der Waals surface area contributed by atoms with Gasteiger partial charge in [0.15, 0.2) is 0 Å². The van der Waals surface area contributed by atoms with E-state index in [1.54, 1.807) is 6.92 Å². The van der Waals surface area contributed by atoms with Gasteiger partial charge in [0.1, 0.15) is 0 Å². The van der Waals surface area contributed by atoms with Gasteiger partial charge in [0.25, 0.3) is 0 Å². The van der Waals surface area contributed by atoms with Crippen LogP contribution in [0.3, 0.4) is 0 Å². The van der Waals surface area contributed by atoms with Gasteiger partial charge in [-0.25, -0.2) is 0 Å². The van der Waals surface area contributed by atoms with Crippen molar-refractivity contribution in [3.63, 3.8) is 0 Å². The molecule has 0 saturated carbocycles. The van der Waals surface area contributed by atoms with Crippen LogP contribution in [0.1, 0.15) is 36.1 Å². The molecular formula is C11H12F6N2. The molecule has 1 aromatic rings. The number of hydrogen-bond donors (Lipinski definition) is 2. The van der Waals surface area contributed by atoms with Crippen LogP contribution in [0, 0.1) is 0 Å². The van der Waals surface area contributed by atoms with E-state index in [9.17, 15) is 26.3 Å². The summed E-state index contributed by atoms with van der Waals surface area (Å²) in [5, 5.41) is 0. The molecule has 0 amide bonds. The highest BCUT2D eigenvalue weighted by atomic mass is 19.4. The van der Waals surface area contributed by atoms with Crippen LogP contribution in [0.25, 0.3) is 0 Å². The first kappa shape index (κ1) is 15.8. The van der Waals surface area contributed by atoms with E-state index in [0.717, 1.165) is 0 Å². The number of hydrogen-bond acceptors (Lipinski definition) is 2. The average Bonchev–Trinajstić information content (AvgIpc) is 2.28. The second-order valence-corrected chi connectivity index (χ2v) is 3.97. The molecule has 0 unspecified atom stereocenters. The number of nitrogens with one attached hydrogen (secondary N) is 1. The molecule has 108 valence electrons. The fourth-order valence-electron chi connectivity index (χ4n) is 1.63. The first-order valence-corrected chi connectivity index (χ1v) is 5.35. The molecule has 1 atom stereocenters. The van der Waals surface area contributed by atoms with Crippen LogP contribution < -0.4 is 11.3 Å². The Bertz CT molecular complexity index is 402. The molecule has 3 N–H and O–H groups in total. The molecular weight excluding hydrogens is 274 g/mol. The molecule has 0 heterocycles. The highest BCUT2D eigenvalue weighted by Gasteiger charge is 2.37. The van der Waals surface area contributed by atoms with Crippen molar-refractivity contribution < 1.29 is 26.3 Å². The van der Waals surface area contributed by atoms with Crippen LogP contribution >= 0.6 is 0 Å². The third-order valence-electron chi connectivity index (χ3n) is 2.62. The van der Waals surface area contributed by atoms with E-state index in [2.05, 4.69) is 5.43 Å². The number of hydrazine groups is 1. The fraction of sp³-hybridized carbons (Fsp3) is 0.455. The lowest BCUT2D eigenvalue weighted by atomic mass is 9.98. The van der Waals surface area contributed by atoms with Crippen LogP contribution in [0.4, 0.5) is 26.3 Å². The highest BCUT2D eigenvalue weighted by Crippen LogP contribution is 2.37. The van der Waals surface area contributed by atoms with Gasteiger partial charge in [-0.15, -0.1) is 0 Å². The largest absolute Gasteiger partial charge is 0.416 e. The average molecular weight is 286 g/mol. The summed E-state index contributed by atoms with van der Waals surface area (Å²) in [6.45, 7) is 1.60. The molecule has 8 heteroatoms. The summed E-state index contributed by atoms with van der Waals surface area (Å²) in [5.74, 6) is 5.12. The Balaban J connectivity index is 3.41. The van der Waals surface area contributed by atoms with Gasteiger partial charge in [-0.05, 0) is 30.2 Å². The van der Waals surface area contributed by atoms with Gasteiger partial charge in [0, 0.05) is 6.04 Å². The third-order valence-corrected chi connectivity index (χ3v) is 2.62. The summed E-state index contributed by atoms with van der Waals surface area (Å²) in [4.78, 5) is 0. The van der Waals surface area contributed by atoms with Gasteiger partial charge in [-0.1, -0.05) is 6.92 Å². The van der Waals surface area contributed by atoms with Crippen molar-refractivity contribution in [3.8, 4) is 0 Å².